The van der Waals surface area contributed by atoms with Crippen molar-refractivity contribution in [1.82, 2.24) is 10.0 Å². The van der Waals surface area contributed by atoms with Gasteiger partial charge in [-0.2, -0.15) is 4.72 Å². The van der Waals surface area contributed by atoms with Crippen molar-refractivity contribution in [3.05, 3.63) is 113 Å². The van der Waals surface area contributed by atoms with Gasteiger partial charge in [0.1, 0.15) is 27.6 Å². The summed E-state index contributed by atoms with van der Waals surface area (Å²) < 4.78 is 45.9. The zero-order valence-electron chi connectivity index (χ0n) is 31.5. The summed E-state index contributed by atoms with van der Waals surface area (Å²) >= 11 is 7.04. The first-order valence-electron chi connectivity index (χ1n) is 17.8. The number of aliphatic hydroxyl groups excluding tert-OH is 1. The van der Waals surface area contributed by atoms with E-state index < -0.39 is 67.8 Å². The second kappa shape index (κ2) is 14.3. The predicted octanol–water partition coefficient (Wildman–Crippen LogP) is 6.91. The van der Waals surface area contributed by atoms with Gasteiger partial charge in [0.05, 0.1) is 17.4 Å². The molecule has 4 unspecified atom stereocenters. The predicted molar refractivity (Wildman–Crippen MR) is 209 cm³/mol. The number of ether oxygens (including phenoxy) is 3. The number of carbonyl (C=O) groups is 3. The largest absolute Gasteiger partial charge is 0.459 e. The molecule has 0 bridgehead atoms. The molecule has 292 valence electrons. The Labute approximate surface area is 330 Å². The third-order valence-electron chi connectivity index (χ3n) is 9.98. The Morgan fingerprint density at radius 3 is 1.96 bits per heavy atom. The SMILES string of the molecule is CC(C)(C)OC(=O)C1(NS(=O)(=O)c2ccc(-c3ccc(Cl)cc3)s2)CC1(CO)c1ccccc1.CC(C)(C)OC(=O)C12CC1(c1ccccc1)COC(=O)N2. The highest BCUT2D eigenvalue weighted by atomic mass is 35.5. The maximum Gasteiger partial charge on any atom is 0.408 e. The first-order chi connectivity index (χ1) is 25.7. The molecule has 3 aliphatic rings. The molecule has 2 aliphatic carbocycles. The van der Waals surface area contributed by atoms with Crippen LogP contribution in [0.25, 0.3) is 10.4 Å². The number of sulfonamides is 1. The standard InChI is InChI=1S/C25H26ClNO5S2.C16H19NO4/c1-23(2,3)32-22(29)25(15-24(25,16-28)18-7-5-4-6-8-18)27-34(30,31)21-14-13-20(33-21)17-9-11-19(26)12-10-17;1-14(2,3)21-12(18)16-9-15(16,10-20-13(19)17-16)11-7-5-4-6-8-11/h4-14,27-28H,15-16H2,1-3H3;4-8H,9-10H2,1-3H3,(H,17,19). The average molecular weight is 809 g/mol. The van der Waals surface area contributed by atoms with Crippen LogP contribution in [0.2, 0.25) is 5.02 Å². The summed E-state index contributed by atoms with van der Waals surface area (Å²) in [7, 11) is -4.11. The van der Waals surface area contributed by atoms with Crippen LogP contribution >= 0.6 is 22.9 Å². The molecule has 1 saturated heterocycles. The van der Waals surface area contributed by atoms with Crippen molar-refractivity contribution in [3.63, 3.8) is 0 Å². The van der Waals surface area contributed by atoms with Crippen LogP contribution < -0.4 is 10.0 Å². The summed E-state index contributed by atoms with van der Waals surface area (Å²) in [5.74, 6) is -1.11. The molecule has 3 aromatic carbocycles. The number of hydrogen-bond donors (Lipinski definition) is 3. The lowest BCUT2D eigenvalue weighted by molar-refractivity contribution is -0.161. The van der Waals surface area contributed by atoms with Crippen LogP contribution in [0, 0.1) is 0 Å². The highest BCUT2D eigenvalue weighted by molar-refractivity contribution is 7.91. The van der Waals surface area contributed by atoms with Gasteiger partial charge in [-0.25, -0.2) is 22.8 Å². The van der Waals surface area contributed by atoms with Crippen molar-refractivity contribution in [2.24, 2.45) is 0 Å². The van der Waals surface area contributed by atoms with Crippen LogP contribution in [0.4, 0.5) is 4.79 Å². The zero-order valence-corrected chi connectivity index (χ0v) is 33.9. The zero-order chi connectivity index (χ0) is 40.1. The first kappa shape index (κ1) is 40.4. The van der Waals surface area contributed by atoms with E-state index in [1.165, 1.54) is 6.07 Å². The number of alkyl carbamates (subject to hydrolysis) is 1. The average Bonchev–Trinajstić information content (AvgIpc) is 3.91. The third kappa shape index (κ3) is 7.77. The third-order valence-corrected chi connectivity index (χ3v) is 13.4. The lowest BCUT2D eigenvalue weighted by Gasteiger charge is -2.32. The van der Waals surface area contributed by atoms with Crippen LogP contribution in [0.5, 0.6) is 0 Å². The van der Waals surface area contributed by atoms with Crippen LogP contribution in [0.3, 0.4) is 0 Å². The number of amides is 1. The van der Waals surface area contributed by atoms with E-state index in [9.17, 15) is 27.9 Å². The molecular formula is C41H45ClN2O9S2. The number of cyclic esters (lactones) is 1. The maximum absolute atomic E-state index is 13.5. The van der Waals surface area contributed by atoms with Gasteiger partial charge in [-0.3, -0.25) is 0 Å². The van der Waals surface area contributed by atoms with E-state index in [0.29, 0.717) is 17.0 Å². The van der Waals surface area contributed by atoms with Gasteiger partial charge >= 0.3 is 18.0 Å². The lowest BCUT2D eigenvalue weighted by Crippen LogP contribution is -2.56. The van der Waals surface area contributed by atoms with E-state index >= 15 is 0 Å². The molecule has 2 saturated carbocycles. The van der Waals surface area contributed by atoms with Crippen molar-refractivity contribution in [3.8, 4) is 10.4 Å². The fourth-order valence-electron chi connectivity index (χ4n) is 7.14. The van der Waals surface area contributed by atoms with E-state index in [1.807, 2.05) is 69.3 Å². The number of thiophene rings is 1. The van der Waals surface area contributed by atoms with Crippen molar-refractivity contribution in [2.45, 2.75) is 91.7 Å². The van der Waals surface area contributed by atoms with Crippen LogP contribution in [-0.2, 0) is 44.7 Å². The molecule has 1 aliphatic heterocycles. The maximum atomic E-state index is 13.5. The highest BCUT2D eigenvalue weighted by Crippen LogP contribution is 2.61. The quantitative estimate of drug-likeness (QED) is 0.121. The smallest absolute Gasteiger partial charge is 0.408 e. The fourth-order valence-corrected chi connectivity index (χ4v) is 10.00. The number of esters is 2. The number of fused-ring (bicyclic) bond motifs is 1. The molecule has 4 aromatic rings. The van der Waals surface area contributed by atoms with Crippen molar-refractivity contribution in [1.29, 1.82) is 0 Å². The van der Waals surface area contributed by atoms with E-state index in [4.69, 9.17) is 25.8 Å². The van der Waals surface area contributed by atoms with Crippen LogP contribution in [0.1, 0.15) is 65.5 Å². The first-order valence-corrected chi connectivity index (χ1v) is 20.4. The molecule has 7 rings (SSSR count). The van der Waals surface area contributed by atoms with E-state index in [2.05, 4.69) is 10.0 Å². The fraction of sp³-hybridized carbons (Fsp3) is 0.390. The highest BCUT2D eigenvalue weighted by Gasteiger charge is 2.78. The second-order valence-corrected chi connectivity index (χ2v) is 19.6. The minimum Gasteiger partial charge on any atom is -0.459 e. The Morgan fingerprint density at radius 1 is 0.836 bits per heavy atom. The van der Waals surface area contributed by atoms with Gasteiger partial charge in [-0.05, 0) is 95.3 Å². The van der Waals surface area contributed by atoms with Gasteiger partial charge in [0.2, 0.25) is 0 Å². The van der Waals surface area contributed by atoms with Gasteiger partial charge in [-0.1, -0.05) is 84.4 Å². The Hall–Kier alpha value is -4.27. The van der Waals surface area contributed by atoms with Gasteiger partial charge in [0.15, 0.2) is 5.54 Å². The van der Waals surface area contributed by atoms with E-state index in [1.54, 1.807) is 63.2 Å². The lowest BCUT2D eigenvalue weighted by atomic mass is 9.90. The minimum absolute atomic E-state index is 0.0622. The number of nitrogens with one attached hydrogen (secondary N) is 2. The Kier molecular flexibility index (Phi) is 10.5. The summed E-state index contributed by atoms with van der Waals surface area (Å²) in [4.78, 5) is 38.4. The molecule has 55 heavy (non-hydrogen) atoms. The molecular weight excluding hydrogens is 764 g/mol. The Morgan fingerprint density at radius 2 is 1.40 bits per heavy atom. The normalized spacial score (nSPS) is 25.6. The van der Waals surface area contributed by atoms with Gasteiger partial charge in [0, 0.05) is 9.90 Å². The topological polar surface area (TPSA) is 157 Å². The molecule has 3 fully saturated rings. The van der Waals surface area contributed by atoms with Crippen molar-refractivity contribution >= 4 is 51.0 Å². The Bertz CT molecular complexity index is 2180. The number of carbonyl (C=O) groups excluding carboxylic acids is 3. The van der Waals surface area contributed by atoms with Crippen molar-refractivity contribution in [2.75, 3.05) is 13.2 Å². The van der Waals surface area contributed by atoms with Crippen LogP contribution in [-0.4, -0.2) is 67.0 Å². The summed E-state index contributed by atoms with van der Waals surface area (Å²) in [6.07, 6.45) is 0.0271. The second-order valence-electron chi connectivity index (χ2n) is 16.2. The summed E-state index contributed by atoms with van der Waals surface area (Å²) in [5.41, 5.74) is -3.23. The number of hydrogen-bond acceptors (Lipinski definition) is 10. The molecule has 1 amide bonds. The monoisotopic (exact) mass is 808 g/mol. The van der Waals surface area contributed by atoms with Crippen LogP contribution in [0.15, 0.2) is 101 Å². The summed E-state index contributed by atoms with van der Waals surface area (Å²) in [6.45, 7) is 10.4. The summed E-state index contributed by atoms with van der Waals surface area (Å²) in [5, 5.41) is 13.7. The molecule has 1 aromatic heterocycles. The molecule has 4 atom stereocenters. The number of halogens is 1. The molecule has 0 radical (unpaired) electrons. The van der Waals surface area contributed by atoms with Gasteiger partial charge in [-0.15, -0.1) is 11.3 Å². The molecule has 14 heteroatoms. The van der Waals surface area contributed by atoms with E-state index in [-0.39, 0.29) is 17.2 Å². The van der Waals surface area contributed by atoms with Gasteiger partial charge < -0.3 is 24.6 Å². The molecule has 11 nitrogen and oxygen atoms in total. The number of rotatable bonds is 9. The molecule has 0 spiro atoms. The number of benzene rings is 3. The van der Waals surface area contributed by atoms with Crippen molar-refractivity contribution < 1.29 is 42.1 Å². The number of aliphatic hydroxyl groups is 1. The van der Waals surface area contributed by atoms with Gasteiger partial charge in [0.25, 0.3) is 10.0 Å². The Balaban J connectivity index is 0.000000209. The van der Waals surface area contributed by atoms with E-state index in [0.717, 1.165) is 27.3 Å². The summed E-state index contributed by atoms with van der Waals surface area (Å²) in [6, 6.07) is 28.9. The molecule has 3 N–H and O–H groups in total. The molecule has 2 heterocycles. The minimum atomic E-state index is -4.11.